The lowest BCUT2D eigenvalue weighted by Gasteiger charge is -2.37. The fourth-order valence-corrected chi connectivity index (χ4v) is 4.30. The molecule has 0 saturated heterocycles. The second-order valence-corrected chi connectivity index (χ2v) is 8.28. The summed E-state index contributed by atoms with van der Waals surface area (Å²) in [5, 5.41) is 9.68. The van der Waals surface area contributed by atoms with Gasteiger partial charge in [0.2, 0.25) is 12.7 Å². The molecular formula is C19H17BrN2O4. The third-order valence-corrected chi connectivity index (χ3v) is 5.57. The molecular weight excluding hydrogens is 400 g/mol. The quantitative estimate of drug-likeness (QED) is 0.750. The van der Waals surface area contributed by atoms with E-state index in [2.05, 4.69) is 22.0 Å². The molecule has 7 heteroatoms. The van der Waals surface area contributed by atoms with Gasteiger partial charge in [0.1, 0.15) is 17.4 Å². The Morgan fingerprint density at radius 2 is 1.96 bits per heavy atom. The molecule has 2 heterocycles. The van der Waals surface area contributed by atoms with Crippen LogP contribution in [0, 0.1) is 16.7 Å². The molecule has 1 aliphatic carbocycles. The highest BCUT2D eigenvalue weighted by molar-refractivity contribution is 9.10. The summed E-state index contributed by atoms with van der Waals surface area (Å²) in [6.45, 7) is 4.18. The van der Waals surface area contributed by atoms with E-state index in [-0.39, 0.29) is 29.4 Å². The Bertz CT molecular complexity index is 940. The number of ether oxygens (including phenoxy) is 3. The molecule has 4 rings (SSSR count). The van der Waals surface area contributed by atoms with Gasteiger partial charge in [-0.2, -0.15) is 5.26 Å². The van der Waals surface area contributed by atoms with Gasteiger partial charge in [-0.3, -0.25) is 4.79 Å². The number of nitrogens with two attached hydrogens (primary N) is 1. The highest BCUT2D eigenvalue weighted by atomic mass is 79.9. The third-order valence-electron chi connectivity index (χ3n) is 4.88. The van der Waals surface area contributed by atoms with Crippen molar-refractivity contribution in [1.82, 2.24) is 0 Å². The van der Waals surface area contributed by atoms with Crippen molar-refractivity contribution in [2.24, 2.45) is 11.1 Å². The average molecular weight is 417 g/mol. The van der Waals surface area contributed by atoms with Crippen molar-refractivity contribution in [3.63, 3.8) is 0 Å². The monoisotopic (exact) mass is 416 g/mol. The van der Waals surface area contributed by atoms with Gasteiger partial charge in [-0.15, -0.1) is 0 Å². The van der Waals surface area contributed by atoms with Crippen LogP contribution in [0.25, 0.3) is 0 Å². The number of carbonyl (C=O) groups is 1. The minimum absolute atomic E-state index is 0.0222. The van der Waals surface area contributed by atoms with Crippen molar-refractivity contribution >= 4 is 21.7 Å². The molecule has 134 valence electrons. The lowest BCUT2D eigenvalue weighted by Crippen LogP contribution is -2.33. The molecule has 2 N–H and O–H groups in total. The first-order valence-electron chi connectivity index (χ1n) is 8.23. The Kier molecular flexibility index (Phi) is 3.77. The average Bonchev–Trinajstić information content (AvgIpc) is 2.98. The molecule has 1 aromatic carbocycles. The van der Waals surface area contributed by atoms with Crippen molar-refractivity contribution < 1.29 is 19.0 Å². The molecule has 0 spiro atoms. The minimum Gasteiger partial charge on any atom is -0.454 e. The molecule has 0 bridgehead atoms. The van der Waals surface area contributed by atoms with Crippen LogP contribution >= 0.6 is 15.9 Å². The van der Waals surface area contributed by atoms with Gasteiger partial charge < -0.3 is 19.9 Å². The number of allylic oxidation sites excluding steroid dienone is 3. The first-order chi connectivity index (χ1) is 12.3. The Hall–Kier alpha value is -2.46. The summed E-state index contributed by atoms with van der Waals surface area (Å²) in [6, 6.07) is 5.71. The molecule has 0 unspecified atom stereocenters. The van der Waals surface area contributed by atoms with E-state index in [1.54, 1.807) is 12.1 Å². The zero-order valence-corrected chi connectivity index (χ0v) is 16.0. The predicted molar refractivity (Wildman–Crippen MR) is 96.0 cm³/mol. The number of Topliss-reactive ketones (excluding diaryl/α,β-unsaturated/α-hetero) is 1. The first-order valence-corrected chi connectivity index (χ1v) is 9.03. The number of ketones is 1. The number of hydrogen-bond acceptors (Lipinski definition) is 6. The van der Waals surface area contributed by atoms with E-state index in [0.29, 0.717) is 35.7 Å². The number of halogens is 1. The van der Waals surface area contributed by atoms with Crippen LogP contribution in [0.1, 0.15) is 38.2 Å². The van der Waals surface area contributed by atoms with Crippen molar-refractivity contribution in [3.05, 3.63) is 45.0 Å². The Balaban J connectivity index is 1.92. The zero-order valence-electron chi connectivity index (χ0n) is 14.4. The summed E-state index contributed by atoms with van der Waals surface area (Å²) in [5.41, 5.74) is 7.30. The molecule has 6 nitrogen and oxygen atoms in total. The van der Waals surface area contributed by atoms with E-state index in [1.165, 1.54) is 0 Å². The van der Waals surface area contributed by atoms with E-state index in [4.69, 9.17) is 19.9 Å². The lowest BCUT2D eigenvalue weighted by atomic mass is 9.70. The smallest absolute Gasteiger partial charge is 0.231 e. The zero-order chi connectivity index (χ0) is 18.6. The molecule has 3 aliphatic rings. The first kappa shape index (κ1) is 17.0. The standard InChI is InChI=1S/C19H17BrN2O4/c1-19(2)5-12(23)17-15(6-19)26-18(22)10(7-21)16(17)9-3-13-14(4-11(9)20)25-8-24-13/h3-4,16H,5-6,8,22H2,1-2H3/t16-/m1/s1. The maximum atomic E-state index is 13.0. The van der Waals surface area contributed by atoms with Crippen molar-refractivity contribution in [2.75, 3.05) is 6.79 Å². The van der Waals surface area contributed by atoms with Gasteiger partial charge in [0, 0.05) is 22.9 Å². The molecule has 2 aliphatic heterocycles. The number of fused-ring (bicyclic) bond motifs is 1. The number of carbonyl (C=O) groups excluding carboxylic acids is 1. The van der Waals surface area contributed by atoms with Gasteiger partial charge in [0.25, 0.3) is 0 Å². The molecule has 26 heavy (non-hydrogen) atoms. The van der Waals surface area contributed by atoms with E-state index in [1.807, 2.05) is 13.8 Å². The second kappa shape index (κ2) is 5.78. The van der Waals surface area contributed by atoms with E-state index in [0.717, 1.165) is 10.0 Å². The number of benzene rings is 1. The highest BCUT2D eigenvalue weighted by Gasteiger charge is 2.43. The van der Waals surface area contributed by atoms with Gasteiger partial charge in [-0.1, -0.05) is 29.8 Å². The van der Waals surface area contributed by atoms with E-state index >= 15 is 0 Å². The Labute approximate surface area is 159 Å². The largest absolute Gasteiger partial charge is 0.454 e. The summed E-state index contributed by atoms with van der Waals surface area (Å²) >= 11 is 3.54. The van der Waals surface area contributed by atoms with Gasteiger partial charge in [0.05, 0.1) is 5.92 Å². The number of hydrogen-bond donors (Lipinski definition) is 1. The molecule has 1 atom stereocenters. The predicted octanol–water partition coefficient (Wildman–Crippen LogP) is 3.63. The Morgan fingerprint density at radius 3 is 2.65 bits per heavy atom. The SMILES string of the molecule is CC1(C)CC(=O)C2=C(C1)OC(N)=C(C#N)[C@H]2c1cc2c(cc1Br)OCO2. The van der Waals surface area contributed by atoms with Gasteiger partial charge in [-0.25, -0.2) is 0 Å². The molecule has 0 saturated carbocycles. The van der Waals surface area contributed by atoms with Crippen LogP contribution in [0.15, 0.2) is 39.4 Å². The summed E-state index contributed by atoms with van der Waals surface area (Å²) in [6.07, 6.45) is 0.985. The molecule has 0 fully saturated rings. The molecule has 0 radical (unpaired) electrons. The topological polar surface area (TPSA) is 94.6 Å². The van der Waals surface area contributed by atoms with Crippen LogP contribution in [-0.2, 0) is 9.53 Å². The molecule has 0 amide bonds. The van der Waals surface area contributed by atoms with E-state index < -0.39 is 5.92 Å². The van der Waals surface area contributed by atoms with Crippen molar-refractivity contribution in [1.29, 1.82) is 5.26 Å². The second-order valence-electron chi connectivity index (χ2n) is 7.43. The van der Waals surface area contributed by atoms with Crippen molar-refractivity contribution in [3.8, 4) is 17.6 Å². The van der Waals surface area contributed by atoms with Crippen molar-refractivity contribution in [2.45, 2.75) is 32.6 Å². The summed E-state index contributed by atoms with van der Waals surface area (Å²) < 4.78 is 17.3. The summed E-state index contributed by atoms with van der Waals surface area (Å²) in [4.78, 5) is 13.0. The van der Waals surface area contributed by atoms with Crippen LogP contribution in [0.2, 0.25) is 0 Å². The fourth-order valence-electron chi connectivity index (χ4n) is 3.75. The van der Waals surface area contributed by atoms with Gasteiger partial charge >= 0.3 is 0 Å². The summed E-state index contributed by atoms with van der Waals surface area (Å²) in [5.74, 6) is 1.19. The van der Waals surface area contributed by atoms with E-state index in [9.17, 15) is 10.1 Å². The van der Waals surface area contributed by atoms with Crippen LogP contribution in [0.5, 0.6) is 11.5 Å². The number of rotatable bonds is 1. The third kappa shape index (κ3) is 2.56. The van der Waals surface area contributed by atoms with Crippen LogP contribution in [0.4, 0.5) is 0 Å². The van der Waals surface area contributed by atoms with Crippen LogP contribution in [-0.4, -0.2) is 12.6 Å². The molecule has 0 aromatic heterocycles. The van der Waals surface area contributed by atoms with Crippen LogP contribution < -0.4 is 15.2 Å². The maximum absolute atomic E-state index is 13.0. The van der Waals surface area contributed by atoms with Gasteiger partial charge in [0.15, 0.2) is 17.3 Å². The maximum Gasteiger partial charge on any atom is 0.231 e. The number of nitrogens with zero attached hydrogens (tertiary/aromatic N) is 1. The molecule has 1 aromatic rings. The summed E-state index contributed by atoms with van der Waals surface area (Å²) in [7, 11) is 0. The Morgan fingerprint density at radius 1 is 1.27 bits per heavy atom. The number of nitriles is 1. The fraction of sp³-hybridized carbons (Fsp3) is 0.368. The highest BCUT2D eigenvalue weighted by Crippen LogP contribution is 2.50. The van der Waals surface area contributed by atoms with Crippen LogP contribution in [0.3, 0.4) is 0 Å². The van der Waals surface area contributed by atoms with Gasteiger partial charge in [-0.05, 0) is 23.1 Å². The lowest BCUT2D eigenvalue weighted by molar-refractivity contribution is -0.119. The minimum atomic E-state index is -0.587. The normalized spacial score (nSPS) is 23.5.